The summed E-state index contributed by atoms with van der Waals surface area (Å²) in [6, 6.07) is 3.94. The molecule has 1 atom stereocenters. The van der Waals surface area contributed by atoms with Gasteiger partial charge in [-0.3, -0.25) is 4.79 Å². The SMILES string of the molecule is Nc1cc2c(cc1N1CCC(CO)C1)NC(=O)CC2. The van der Waals surface area contributed by atoms with Crippen molar-refractivity contribution in [3.8, 4) is 0 Å². The fourth-order valence-corrected chi connectivity index (χ4v) is 2.91. The summed E-state index contributed by atoms with van der Waals surface area (Å²) in [5.74, 6) is 0.392. The lowest BCUT2D eigenvalue weighted by atomic mass is 10.0. The maximum absolute atomic E-state index is 11.5. The van der Waals surface area contributed by atoms with Crippen molar-refractivity contribution in [1.82, 2.24) is 0 Å². The Bertz CT molecular complexity index is 516. The van der Waals surface area contributed by atoms with Crippen LogP contribution in [0.15, 0.2) is 12.1 Å². The van der Waals surface area contributed by atoms with Gasteiger partial charge in [-0.05, 0) is 30.5 Å². The van der Waals surface area contributed by atoms with Gasteiger partial charge in [-0.25, -0.2) is 0 Å². The van der Waals surface area contributed by atoms with E-state index in [1.54, 1.807) is 0 Å². The van der Waals surface area contributed by atoms with E-state index in [9.17, 15) is 9.90 Å². The number of hydrogen-bond donors (Lipinski definition) is 3. The van der Waals surface area contributed by atoms with Crippen molar-refractivity contribution in [3.05, 3.63) is 17.7 Å². The number of hydrogen-bond acceptors (Lipinski definition) is 4. The van der Waals surface area contributed by atoms with Crippen LogP contribution in [0.2, 0.25) is 0 Å². The van der Waals surface area contributed by atoms with Gasteiger partial charge < -0.3 is 21.1 Å². The monoisotopic (exact) mass is 261 g/mol. The zero-order valence-electron chi connectivity index (χ0n) is 10.9. The topological polar surface area (TPSA) is 78.6 Å². The molecule has 3 rings (SSSR count). The van der Waals surface area contributed by atoms with Gasteiger partial charge in [-0.1, -0.05) is 0 Å². The predicted octanol–water partition coefficient (Wildman–Crippen LogP) is 0.972. The molecule has 0 bridgehead atoms. The lowest BCUT2D eigenvalue weighted by Gasteiger charge is -2.25. The summed E-state index contributed by atoms with van der Waals surface area (Å²) in [4.78, 5) is 13.6. The molecule has 2 aliphatic rings. The van der Waals surface area contributed by atoms with E-state index in [4.69, 9.17) is 5.73 Å². The van der Waals surface area contributed by atoms with Crippen molar-refractivity contribution >= 4 is 23.0 Å². The van der Waals surface area contributed by atoms with Crippen molar-refractivity contribution in [1.29, 1.82) is 0 Å². The van der Waals surface area contributed by atoms with Gasteiger partial charge in [0.25, 0.3) is 0 Å². The van der Waals surface area contributed by atoms with Gasteiger partial charge in [0.2, 0.25) is 5.91 Å². The molecule has 19 heavy (non-hydrogen) atoms. The Kier molecular flexibility index (Phi) is 3.06. The Balaban J connectivity index is 1.90. The zero-order chi connectivity index (χ0) is 13.4. The number of aliphatic hydroxyl groups is 1. The molecule has 0 saturated carbocycles. The number of amides is 1. The van der Waals surface area contributed by atoms with Crippen LogP contribution in [0, 0.1) is 5.92 Å². The summed E-state index contributed by atoms with van der Waals surface area (Å²) >= 11 is 0. The molecule has 2 heterocycles. The number of rotatable bonds is 2. The fourth-order valence-electron chi connectivity index (χ4n) is 2.91. The number of carbonyl (C=O) groups is 1. The first-order valence-corrected chi connectivity index (χ1v) is 6.75. The third-order valence-corrected chi connectivity index (χ3v) is 4.03. The number of nitrogens with two attached hydrogens (primary N) is 1. The minimum Gasteiger partial charge on any atom is -0.397 e. The fraction of sp³-hybridized carbons (Fsp3) is 0.500. The molecule has 1 fully saturated rings. The van der Waals surface area contributed by atoms with Crippen LogP contribution in [-0.2, 0) is 11.2 Å². The molecule has 0 spiro atoms. The number of nitrogen functional groups attached to an aromatic ring is 1. The minimum atomic E-state index is 0.0675. The molecule has 5 nitrogen and oxygen atoms in total. The first-order chi connectivity index (χ1) is 9.17. The van der Waals surface area contributed by atoms with Crippen molar-refractivity contribution in [2.75, 3.05) is 35.6 Å². The molecule has 0 radical (unpaired) electrons. The van der Waals surface area contributed by atoms with Gasteiger partial charge in [0.1, 0.15) is 0 Å². The number of fused-ring (bicyclic) bond motifs is 1. The average Bonchev–Trinajstić information content (AvgIpc) is 2.87. The first kappa shape index (κ1) is 12.3. The summed E-state index contributed by atoms with van der Waals surface area (Å²) in [5, 5.41) is 12.1. The standard InChI is InChI=1S/C14H19N3O2/c15-11-5-10-1-2-14(19)16-12(10)6-13(11)17-4-3-9(7-17)8-18/h5-6,9,18H,1-4,7-8,15H2,(H,16,19). The maximum atomic E-state index is 11.5. The van der Waals surface area contributed by atoms with Crippen molar-refractivity contribution in [3.63, 3.8) is 0 Å². The van der Waals surface area contributed by atoms with Crippen LogP contribution >= 0.6 is 0 Å². The Hall–Kier alpha value is -1.75. The van der Waals surface area contributed by atoms with E-state index in [1.807, 2.05) is 12.1 Å². The van der Waals surface area contributed by atoms with Gasteiger partial charge in [0.05, 0.1) is 11.4 Å². The first-order valence-electron chi connectivity index (χ1n) is 6.75. The number of carbonyl (C=O) groups excluding carboxylic acids is 1. The van der Waals surface area contributed by atoms with E-state index in [-0.39, 0.29) is 12.5 Å². The molecule has 4 N–H and O–H groups in total. The minimum absolute atomic E-state index is 0.0675. The zero-order valence-corrected chi connectivity index (χ0v) is 10.9. The Morgan fingerprint density at radius 3 is 3.00 bits per heavy atom. The highest BCUT2D eigenvalue weighted by atomic mass is 16.3. The third kappa shape index (κ3) is 2.26. The maximum Gasteiger partial charge on any atom is 0.224 e. The summed E-state index contributed by atoms with van der Waals surface area (Å²) in [6.45, 7) is 1.95. The van der Waals surface area contributed by atoms with Crippen LogP contribution in [0.5, 0.6) is 0 Å². The lowest BCUT2D eigenvalue weighted by Crippen LogP contribution is -2.24. The molecule has 0 aromatic heterocycles. The molecule has 1 aromatic rings. The summed E-state index contributed by atoms with van der Waals surface area (Å²) in [5.41, 5.74) is 9.85. The molecule has 102 valence electrons. The van der Waals surface area contributed by atoms with Crippen LogP contribution in [-0.4, -0.2) is 30.7 Å². The molecule has 5 heteroatoms. The number of benzene rings is 1. The van der Waals surface area contributed by atoms with Crippen LogP contribution in [0.3, 0.4) is 0 Å². The quantitative estimate of drug-likeness (QED) is 0.693. The molecular weight excluding hydrogens is 242 g/mol. The smallest absolute Gasteiger partial charge is 0.224 e. The summed E-state index contributed by atoms with van der Waals surface area (Å²) in [6.07, 6.45) is 2.27. The number of aliphatic hydroxyl groups excluding tert-OH is 1. The number of anilines is 3. The Morgan fingerprint density at radius 2 is 2.26 bits per heavy atom. The van der Waals surface area contributed by atoms with E-state index in [1.165, 1.54) is 0 Å². The molecule has 1 unspecified atom stereocenters. The van der Waals surface area contributed by atoms with Gasteiger partial charge in [0.15, 0.2) is 0 Å². The number of nitrogens with zero attached hydrogens (tertiary/aromatic N) is 1. The van der Waals surface area contributed by atoms with E-state index < -0.39 is 0 Å². The van der Waals surface area contributed by atoms with Crippen LogP contribution in [0.4, 0.5) is 17.1 Å². The molecule has 0 aliphatic carbocycles. The van der Waals surface area contributed by atoms with Crippen LogP contribution < -0.4 is 16.0 Å². The van der Waals surface area contributed by atoms with Gasteiger partial charge in [-0.15, -0.1) is 0 Å². The highest BCUT2D eigenvalue weighted by Crippen LogP contribution is 2.35. The highest BCUT2D eigenvalue weighted by molar-refractivity contribution is 5.95. The van der Waals surface area contributed by atoms with Gasteiger partial charge in [-0.2, -0.15) is 0 Å². The van der Waals surface area contributed by atoms with Crippen LogP contribution in [0.1, 0.15) is 18.4 Å². The average molecular weight is 261 g/mol. The lowest BCUT2D eigenvalue weighted by molar-refractivity contribution is -0.116. The second-order valence-corrected chi connectivity index (χ2v) is 5.40. The Morgan fingerprint density at radius 1 is 1.42 bits per heavy atom. The third-order valence-electron chi connectivity index (χ3n) is 4.03. The molecule has 1 aromatic carbocycles. The number of nitrogens with one attached hydrogen (secondary N) is 1. The highest BCUT2D eigenvalue weighted by Gasteiger charge is 2.25. The summed E-state index contributed by atoms with van der Waals surface area (Å²) in [7, 11) is 0. The summed E-state index contributed by atoms with van der Waals surface area (Å²) < 4.78 is 0. The predicted molar refractivity (Wildman–Crippen MR) is 75.2 cm³/mol. The van der Waals surface area contributed by atoms with Gasteiger partial charge in [0, 0.05) is 37.7 Å². The number of aryl methyl sites for hydroxylation is 1. The second kappa shape index (κ2) is 4.74. The van der Waals surface area contributed by atoms with E-state index in [0.717, 1.165) is 48.6 Å². The van der Waals surface area contributed by atoms with E-state index in [2.05, 4.69) is 10.2 Å². The van der Waals surface area contributed by atoms with Crippen LogP contribution in [0.25, 0.3) is 0 Å². The van der Waals surface area contributed by atoms with E-state index >= 15 is 0 Å². The molecule has 1 amide bonds. The van der Waals surface area contributed by atoms with E-state index in [0.29, 0.717) is 12.3 Å². The molecule has 2 aliphatic heterocycles. The van der Waals surface area contributed by atoms with Crippen molar-refractivity contribution < 1.29 is 9.90 Å². The Labute approximate surface area is 112 Å². The largest absolute Gasteiger partial charge is 0.397 e. The van der Waals surface area contributed by atoms with Crippen molar-refractivity contribution in [2.24, 2.45) is 5.92 Å². The van der Waals surface area contributed by atoms with Crippen molar-refractivity contribution in [2.45, 2.75) is 19.3 Å². The second-order valence-electron chi connectivity index (χ2n) is 5.40. The normalized spacial score (nSPS) is 22.3. The molecular formula is C14H19N3O2. The molecule has 1 saturated heterocycles. The van der Waals surface area contributed by atoms with Gasteiger partial charge >= 0.3 is 0 Å².